The highest BCUT2D eigenvalue weighted by Crippen LogP contribution is 2.12. The monoisotopic (exact) mass is 479 g/mol. The number of rotatable bonds is 11. The lowest BCUT2D eigenvalue weighted by Crippen LogP contribution is -2.38. The fraction of sp³-hybridized carbons (Fsp3) is 0.778. The summed E-state index contributed by atoms with van der Waals surface area (Å²) >= 11 is 0. The van der Waals surface area contributed by atoms with Gasteiger partial charge < -0.3 is 20.1 Å². The van der Waals surface area contributed by atoms with Gasteiger partial charge in [0.2, 0.25) is 0 Å². The van der Waals surface area contributed by atoms with Crippen LogP contribution < -0.4 is 10.6 Å². The third kappa shape index (κ3) is 9.72. The molecule has 0 aromatic carbocycles. The van der Waals surface area contributed by atoms with Gasteiger partial charge in [-0.1, -0.05) is 0 Å². The highest BCUT2D eigenvalue weighted by molar-refractivity contribution is 14.0. The molecule has 0 saturated carbocycles. The average Bonchev–Trinajstić information content (AvgIpc) is 3.26. The van der Waals surface area contributed by atoms with Crippen molar-refractivity contribution in [2.75, 3.05) is 46.1 Å². The minimum atomic E-state index is 0. The maximum Gasteiger partial charge on any atom is 0.191 e. The first kappa shape index (κ1) is 23.2. The smallest absolute Gasteiger partial charge is 0.191 e. The lowest BCUT2D eigenvalue weighted by atomic mass is 10.1. The number of ether oxygens (including phenoxy) is 2. The molecule has 1 aromatic rings. The van der Waals surface area contributed by atoms with E-state index >= 15 is 0 Å². The summed E-state index contributed by atoms with van der Waals surface area (Å²) in [7, 11) is 1.94. The molecule has 26 heavy (non-hydrogen) atoms. The zero-order valence-corrected chi connectivity index (χ0v) is 18.4. The van der Waals surface area contributed by atoms with Crippen LogP contribution in [0.25, 0.3) is 0 Å². The van der Waals surface area contributed by atoms with Crippen molar-refractivity contribution in [1.29, 1.82) is 0 Å². The quantitative estimate of drug-likeness (QED) is 0.220. The maximum atomic E-state index is 5.72. The number of nitrogens with one attached hydrogen (secondary N) is 2. The van der Waals surface area contributed by atoms with Crippen molar-refractivity contribution in [3.05, 3.63) is 18.0 Å². The number of aliphatic imine (C=N–C) groups is 1. The number of hydrogen-bond acceptors (Lipinski definition) is 4. The lowest BCUT2D eigenvalue weighted by Gasteiger charge is -2.12. The van der Waals surface area contributed by atoms with Crippen LogP contribution in [0.2, 0.25) is 0 Å². The first-order valence-corrected chi connectivity index (χ1v) is 9.43. The third-order valence-corrected chi connectivity index (χ3v) is 4.13. The summed E-state index contributed by atoms with van der Waals surface area (Å²) in [6, 6.07) is 0. The Morgan fingerprint density at radius 2 is 2.31 bits per heavy atom. The molecule has 1 fully saturated rings. The molecule has 150 valence electrons. The summed E-state index contributed by atoms with van der Waals surface area (Å²) in [5.74, 6) is 1.48. The van der Waals surface area contributed by atoms with Crippen LogP contribution in [0.1, 0.15) is 31.7 Å². The van der Waals surface area contributed by atoms with E-state index in [1.165, 1.54) is 5.56 Å². The van der Waals surface area contributed by atoms with E-state index in [2.05, 4.69) is 33.8 Å². The summed E-state index contributed by atoms with van der Waals surface area (Å²) in [6.45, 7) is 7.98. The topological polar surface area (TPSA) is 72.7 Å². The summed E-state index contributed by atoms with van der Waals surface area (Å²) in [5, 5.41) is 10.8. The SMILES string of the molecule is CCNC(=NCCCc1cnn(C)c1)NCCCOCC1CCOC1.I. The van der Waals surface area contributed by atoms with Gasteiger partial charge in [-0.15, -0.1) is 24.0 Å². The molecule has 8 heteroatoms. The Bertz CT molecular complexity index is 504. The molecule has 0 aliphatic carbocycles. The fourth-order valence-corrected chi connectivity index (χ4v) is 2.76. The number of guanidine groups is 1. The molecule has 2 N–H and O–H groups in total. The van der Waals surface area contributed by atoms with Gasteiger partial charge >= 0.3 is 0 Å². The minimum absolute atomic E-state index is 0. The van der Waals surface area contributed by atoms with E-state index in [-0.39, 0.29) is 24.0 Å². The zero-order valence-electron chi connectivity index (χ0n) is 16.1. The van der Waals surface area contributed by atoms with E-state index in [4.69, 9.17) is 9.47 Å². The first-order chi connectivity index (χ1) is 12.3. The number of aryl methyl sites for hydroxylation is 2. The van der Waals surface area contributed by atoms with E-state index in [9.17, 15) is 0 Å². The lowest BCUT2D eigenvalue weighted by molar-refractivity contribution is 0.0888. The fourth-order valence-electron chi connectivity index (χ4n) is 2.76. The van der Waals surface area contributed by atoms with E-state index in [1.54, 1.807) is 0 Å². The zero-order chi connectivity index (χ0) is 17.7. The van der Waals surface area contributed by atoms with Gasteiger partial charge in [0.05, 0.1) is 19.4 Å². The normalized spacial score (nSPS) is 17.2. The minimum Gasteiger partial charge on any atom is -0.381 e. The largest absolute Gasteiger partial charge is 0.381 e. The second kappa shape index (κ2) is 14.2. The predicted octanol–water partition coefficient (Wildman–Crippen LogP) is 1.97. The Labute approximate surface area is 174 Å². The van der Waals surface area contributed by atoms with Crippen molar-refractivity contribution in [3.8, 4) is 0 Å². The Morgan fingerprint density at radius 1 is 1.42 bits per heavy atom. The van der Waals surface area contributed by atoms with Crippen LogP contribution >= 0.6 is 24.0 Å². The standard InChI is InChI=1S/C18H33N5O2.HI/c1-3-19-18(20-8-4-6-16-12-22-23(2)13-16)21-9-5-10-24-14-17-7-11-25-15-17;/h12-13,17H,3-11,14-15H2,1-2H3,(H2,19,20,21);1H. The van der Waals surface area contributed by atoms with E-state index in [0.717, 1.165) is 77.7 Å². The van der Waals surface area contributed by atoms with Crippen LogP contribution in [-0.2, 0) is 22.9 Å². The van der Waals surface area contributed by atoms with Gasteiger partial charge in [-0.3, -0.25) is 9.67 Å². The molecule has 1 aliphatic rings. The van der Waals surface area contributed by atoms with Crippen LogP contribution in [0.3, 0.4) is 0 Å². The molecule has 1 saturated heterocycles. The second-order valence-electron chi connectivity index (χ2n) is 6.47. The van der Waals surface area contributed by atoms with Crippen molar-refractivity contribution >= 4 is 29.9 Å². The van der Waals surface area contributed by atoms with Gasteiger partial charge in [0, 0.05) is 52.0 Å². The van der Waals surface area contributed by atoms with Crippen molar-refractivity contribution in [2.24, 2.45) is 18.0 Å². The van der Waals surface area contributed by atoms with Crippen molar-refractivity contribution < 1.29 is 9.47 Å². The van der Waals surface area contributed by atoms with Gasteiger partial charge in [-0.05, 0) is 38.2 Å². The van der Waals surface area contributed by atoms with E-state index in [0.29, 0.717) is 5.92 Å². The van der Waals surface area contributed by atoms with Crippen LogP contribution in [-0.4, -0.2) is 61.8 Å². The molecule has 2 heterocycles. The van der Waals surface area contributed by atoms with Gasteiger partial charge in [-0.25, -0.2) is 0 Å². The number of nitrogens with zero attached hydrogens (tertiary/aromatic N) is 3. The summed E-state index contributed by atoms with van der Waals surface area (Å²) in [5.41, 5.74) is 1.26. The molecule has 1 aromatic heterocycles. The van der Waals surface area contributed by atoms with Crippen LogP contribution in [0.4, 0.5) is 0 Å². The highest BCUT2D eigenvalue weighted by Gasteiger charge is 2.15. The summed E-state index contributed by atoms with van der Waals surface area (Å²) in [6.07, 6.45) is 8.13. The highest BCUT2D eigenvalue weighted by atomic mass is 127. The van der Waals surface area contributed by atoms with Crippen molar-refractivity contribution in [3.63, 3.8) is 0 Å². The van der Waals surface area contributed by atoms with Gasteiger partial charge in [-0.2, -0.15) is 5.10 Å². The molecule has 0 spiro atoms. The second-order valence-corrected chi connectivity index (χ2v) is 6.47. The van der Waals surface area contributed by atoms with Gasteiger partial charge in [0.25, 0.3) is 0 Å². The van der Waals surface area contributed by atoms with Crippen LogP contribution in [0.5, 0.6) is 0 Å². The molecular weight excluding hydrogens is 445 g/mol. The Balaban J connectivity index is 0.00000338. The van der Waals surface area contributed by atoms with Crippen LogP contribution in [0.15, 0.2) is 17.4 Å². The Hall–Kier alpha value is -0.870. The third-order valence-electron chi connectivity index (χ3n) is 4.13. The van der Waals surface area contributed by atoms with Crippen molar-refractivity contribution in [1.82, 2.24) is 20.4 Å². The molecule has 1 atom stereocenters. The predicted molar refractivity (Wildman–Crippen MR) is 115 cm³/mol. The molecule has 1 unspecified atom stereocenters. The van der Waals surface area contributed by atoms with Gasteiger partial charge in [0.15, 0.2) is 5.96 Å². The van der Waals surface area contributed by atoms with Crippen LogP contribution in [0, 0.1) is 5.92 Å². The number of halogens is 1. The molecule has 0 amide bonds. The molecule has 7 nitrogen and oxygen atoms in total. The molecular formula is C18H34IN5O2. The van der Waals surface area contributed by atoms with Crippen molar-refractivity contribution in [2.45, 2.75) is 32.6 Å². The Kier molecular flexibility index (Phi) is 12.7. The first-order valence-electron chi connectivity index (χ1n) is 9.43. The number of aromatic nitrogens is 2. The summed E-state index contributed by atoms with van der Waals surface area (Å²) < 4.78 is 12.9. The maximum absolute atomic E-state index is 5.72. The van der Waals surface area contributed by atoms with E-state index in [1.807, 2.05) is 17.9 Å². The molecule has 0 bridgehead atoms. The molecule has 2 rings (SSSR count). The average molecular weight is 479 g/mol. The number of hydrogen-bond donors (Lipinski definition) is 2. The molecule has 0 radical (unpaired) electrons. The Morgan fingerprint density at radius 3 is 3.00 bits per heavy atom. The van der Waals surface area contributed by atoms with Gasteiger partial charge in [0.1, 0.15) is 0 Å². The molecule has 1 aliphatic heterocycles. The summed E-state index contributed by atoms with van der Waals surface area (Å²) in [4.78, 5) is 4.63. The van der Waals surface area contributed by atoms with E-state index < -0.39 is 0 Å².